The van der Waals surface area contributed by atoms with E-state index in [4.69, 9.17) is 4.74 Å². The summed E-state index contributed by atoms with van der Waals surface area (Å²) < 4.78 is 21.4. The number of tetrazole rings is 1. The zero-order valence-corrected chi connectivity index (χ0v) is 18.2. The van der Waals surface area contributed by atoms with Gasteiger partial charge in [-0.1, -0.05) is 31.4 Å². The van der Waals surface area contributed by atoms with Crippen LogP contribution in [0.1, 0.15) is 62.4 Å². The van der Waals surface area contributed by atoms with Gasteiger partial charge < -0.3 is 4.74 Å². The van der Waals surface area contributed by atoms with Crippen LogP contribution in [0.3, 0.4) is 0 Å². The first-order chi connectivity index (χ1) is 15.3. The van der Waals surface area contributed by atoms with Crippen LogP contribution in [0.25, 0.3) is 0 Å². The zero-order valence-electron chi connectivity index (χ0n) is 18.2. The molecule has 7 nitrogen and oxygen atoms in total. The quantitative estimate of drug-likeness (QED) is 0.705. The van der Waals surface area contributed by atoms with Crippen LogP contribution >= 0.6 is 0 Å². The molecule has 0 amide bonds. The predicted molar refractivity (Wildman–Crippen MR) is 115 cm³/mol. The van der Waals surface area contributed by atoms with Gasteiger partial charge in [0, 0.05) is 38.8 Å². The topological polar surface area (TPSA) is 59.3 Å². The summed E-state index contributed by atoms with van der Waals surface area (Å²) in [6.45, 7) is 5.54. The number of ether oxygens (including phenoxy) is 1. The van der Waals surface area contributed by atoms with Gasteiger partial charge >= 0.3 is 0 Å². The minimum absolute atomic E-state index is 0.0782. The van der Waals surface area contributed by atoms with Gasteiger partial charge in [-0.3, -0.25) is 9.80 Å². The SMILES string of the molecule is Fc1ccc([C@@H](c2nnnn2C[C@H]2CCCO2)N2CCN(C3CCCCC3)CC2)cc1. The van der Waals surface area contributed by atoms with Crippen LogP contribution in [0, 0.1) is 5.82 Å². The number of halogens is 1. The lowest BCUT2D eigenvalue weighted by molar-refractivity contribution is 0.0595. The molecule has 3 heterocycles. The van der Waals surface area contributed by atoms with Crippen LogP contribution < -0.4 is 0 Å². The number of piperazine rings is 1. The fourth-order valence-corrected chi connectivity index (χ4v) is 5.49. The van der Waals surface area contributed by atoms with Gasteiger partial charge in [-0.15, -0.1) is 5.10 Å². The third kappa shape index (κ3) is 4.81. The molecule has 168 valence electrons. The van der Waals surface area contributed by atoms with Crippen LogP contribution in [0.4, 0.5) is 4.39 Å². The van der Waals surface area contributed by atoms with Crippen molar-refractivity contribution in [3.63, 3.8) is 0 Å². The average Bonchev–Trinajstić information content (AvgIpc) is 3.49. The Hall–Kier alpha value is -1.90. The fraction of sp³-hybridized carbons (Fsp3) is 0.696. The molecule has 2 atom stereocenters. The van der Waals surface area contributed by atoms with E-state index >= 15 is 0 Å². The molecule has 2 aliphatic heterocycles. The Morgan fingerprint density at radius 3 is 2.45 bits per heavy atom. The molecule has 1 aromatic carbocycles. The average molecular weight is 429 g/mol. The number of rotatable bonds is 6. The molecule has 0 unspecified atom stereocenters. The highest BCUT2D eigenvalue weighted by Crippen LogP contribution is 2.30. The first-order valence-corrected chi connectivity index (χ1v) is 11.9. The van der Waals surface area contributed by atoms with Gasteiger partial charge in [-0.05, 0) is 53.8 Å². The van der Waals surface area contributed by atoms with E-state index in [-0.39, 0.29) is 18.0 Å². The summed E-state index contributed by atoms with van der Waals surface area (Å²) in [4.78, 5) is 5.14. The van der Waals surface area contributed by atoms with Crippen LogP contribution in [-0.2, 0) is 11.3 Å². The number of aromatic nitrogens is 4. The summed E-state index contributed by atoms with van der Waals surface area (Å²) in [6, 6.07) is 7.48. The lowest BCUT2D eigenvalue weighted by Gasteiger charge is -2.43. The maximum absolute atomic E-state index is 13.7. The van der Waals surface area contributed by atoms with E-state index in [1.807, 2.05) is 16.8 Å². The molecule has 0 N–H and O–H groups in total. The van der Waals surface area contributed by atoms with Gasteiger partial charge in [0.05, 0.1) is 18.7 Å². The summed E-state index contributed by atoms with van der Waals surface area (Å²) in [6.07, 6.45) is 9.08. The van der Waals surface area contributed by atoms with Crippen LogP contribution in [0.5, 0.6) is 0 Å². The number of hydrogen-bond donors (Lipinski definition) is 0. The van der Waals surface area contributed by atoms with Gasteiger partial charge in [0.15, 0.2) is 5.82 Å². The second kappa shape index (κ2) is 9.71. The van der Waals surface area contributed by atoms with Crippen molar-refractivity contribution in [2.75, 3.05) is 32.8 Å². The molecular formula is C23H33FN6O. The Labute approximate surface area is 183 Å². The maximum atomic E-state index is 13.7. The summed E-state index contributed by atoms with van der Waals surface area (Å²) in [5, 5.41) is 12.7. The number of nitrogens with zero attached hydrogens (tertiary/aromatic N) is 6. The van der Waals surface area contributed by atoms with Crippen LogP contribution in [0.15, 0.2) is 24.3 Å². The molecular weight excluding hydrogens is 395 g/mol. The molecule has 0 radical (unpaired) electrons. The summed E-state index contributed by atoms with van der Waals surface area (Å²) in [5.41, 5.74) is 1.04. The predicted octanol–water partition coefficient (Wildman–Crippen LogP) is 3.03. The molecule has 2 aromatic rings. The van der Waals surface area contributed by atoms with Crippen molar-refractivity contribution in [3.05, 3.63) is 41.5 Å². The molecule has 8 heteroatoms. The minimum atomic E-state index is -0.219. The molecule has 3 fully saturated rings. The summed E-state index contributed by atoms with van der Waals surface area (Å²) in [5.74, 6) is 0.608. The smallest absolute Gasteiger partial charge is 0.173 e. The highest BCUT2D eigenvalue weighted by atomic mass is 19.1. The molecule has 0 bridgehead atoms. The van der Waals surface area contributed by atoms with Crippen molar-refractivity contribution in [1.29, 1.82) is 0 Å². The third-order valence-electron chi connectivity index (χ3n) is 7.20. The van der Waals surface area contributed by atoms with E-state index in [0.717, 1.165) is 63.1 Å². The van der Waals surface area contributed by atoms with Gasteiger partial charge in [0.1, 0.15) is 5.82 Å². The second-order valence-corrected chi connectivity index (χ2v) is 9.17. The summed E-state index contributed by atoms with van der Waals surface area (Å²) >= 11 is 0. The molecule has 3 aliphatic rings. The van der Waals surface area contributed by atoms with E-state index < -0.39 is 0 Å². The minimum Gasteiger partial charge on any atom is -0.376 e. The highest BCUT2D eigenvalue weighted by molar-refractivity contribution is 5.25. The maximum Gasteiger partial charge on any atom is 0.173 e. The lowest BCUT2D eigenvalue weighted by Crippen LogP contribution is -2.52. The van der Waals surface area contributed by atoms with E-state index in [9.17, 15) is 4.39 Å². The molecule has 1 aliphatic carbocycles. The third-order valence-corrected chi connectivity index (χ3v) is 7.20. The van der Waals surface area contributed by atoms with Crippen molar-refractivity contribution in [1.82, 2.24) is 30.0 Å². The largest absolute Gasteiger partial charge is 0.376 e. The Bertz CT molecular complexity index is 823. The second-order valence-electron chi connectivity index (χ2n) is 9.17. The monoisotopic (exact) mass is 428 g/mol. The first kappa shape index (κ1) is 21.0. The number of hydrogen-bond acceptors (Lipinski definition) is 6. The van der Waals surface area contributed by atoms with Crippen molar-refractivity contribution in [3.8, 4) is 0 Å². The van der Waals surface area contributed by atoms with Crippen LogP contribution in [-0.4, -0.2) is 74.9 Å². The van der Waals surface area contributed by atoms with E-state index in [0.29, 0.717) is 6.54 Å². The Kier molecular flexibility index (Phi) is 6.57. The molecule has 1 saturated carbocycles. The molecule has 31 heavy (non-hydrogen) atoms. The zero-order chi connectivity index (χ0) is 21.0. The Balaban J connectivity index is 1.36. The van der Waals surface area contributed by atoms with E-state index in [1.165, 1.54) is 44.2 Å². The van der Waals surface area contributed by atoms with Crippen molar-refractivity contribution >= 4 is 0 Å². The molecule has 5 rings (SSSR count). The molecule has 1 aromatic heterocycles. The normalized spacial score (nSPS) is 25.1. The highest BCUT2D eigenvalue weighted by Gasteiger charge is 2.33. The molecule has 2 saturated heterocycles. The van der Waals surface area contributed by atoms with Gasteiger partial charge in [0.25, 0.3) is 0 Å². The van der Waals surface area contributed by atoms with E-state index in [2.05, 4.69) is 25.3 Å². The number of benzene rings is 1. The lowest BCUT2D eigenvalue weighted by atomic mass is 9.93. The summed E-state index contributed by atoms with van der Waals surface area (Å²) in [7, 11) is 0. The van der Waals surface area contributed by atoms with Gasteiger partial charge in [-0.2, -0.15) is 0 Å². The van der Waals surface area contributed by atoms with Gasteiger partial charge in [-0.25, -0.2) is 9.07 Å². The Morgan fingerprint density at radius 1 is 0.968 bits per heavy atom. The van der Waals surface area contributed by atoms with Crippen molar-refractivity contribution in [2.45, 2.75) is 69.7 Å². The van der Waals surface area contributed by atoms with Gasteiger partial charge in [0.2, 0.25) is 0 Å². The van der Waals surface area contributed by atoms with Crippen molar-refractivity contribution < 1.29 is 9.13 Å². The van der Waals surface area contributed by atoms with E-state index in [1.54, 1.807) is 0 Å². The fourth-order valence-electron chi connectivity index (χ4n) is 5.49. The Morgan fingerprint density at radius 2 is 1.74 bits per heavy atom. The molecule has 0 spiro atoms. The van der Waals surface area contributed by atoms with Crippen molar-refractivity contribution in [2.24, 2.45) is 0 Å². The standard InChI is InChI=1S/C23H33FN6O/c24-19-10-8-18(9-11-19)22(23-25-26-27-30(23)17-21-7-4-16-31-21)29-14-12-28(13-15-29)20-5-2-1-3-6-20/h8-11,20-22H,1-7,12-17H2/t21-,22+/m1/s1. The van der Waals surface area contributed by atoms with Crippen LogP contribution in [0.2, 0.25) is 0 Å². The first-order valence-electron chi connectivity index (χ1n) is 11.9.